The van der Waals surface area contributed by atoms with E-state index in [4.69, 9.17) is 5.73 Å². The zero-order chi connectivity index (χ0) is 13.1. The normalized spacial score (nSPS) is 10.1. The Kier molecular flexibility index (Phi) is 3.57. The number of carbonyl (C=O) groups excluding carboxylic acids is 1. The van der Waals surface area contributed by atoms with Gasteiger partial charge in [0.05, 0.1) is 10.0 Å². The number of aryl methyl sites for hydroxylation is 1. The van der Waals surface area contributed by atoms with Crippen LogP contribution in [-0.2, 0) is 0 Å². The lowest BCUT2D eigenvalue weighted by molar-refractivity contribution is 0.102. The Bertz CT molecular complexity index is 600. The Morgan fingerprint density at radius 3 is 2.89 bits per heavy atom. The van der Waals surface area contributed by atoms with Crippen LogP contribution in [0.25, 0.3) is 0 Å². The average Bonchev–Trinajstić information content (AvgIpc) is 2.32. The van der Waals surface area contributed by atoms with Gasteiger partial charge < -0.3 is 11.1 Å². The third-order valence-electron chi connectivity index (χ3n) is 2.31. The number of rotatable bonds is 2. The predicted molar refractivity (Wildman–Crippen MR) is 73.3 cm³/mol. The summed E-state index contributed by atoms with van der Waals surface area (Å²) in [6.45, 7) is 1.81. The molecule has 0 bridgehead atoms. The lowest BCUT2D eigenvalue weighted by atomic mass is 10.2. The minimum absolute atomic E-state index is 0.332. The smallest absolute Gasteiger partial charge is 0.260 e. The molecule has 0 aliphatic carbocycles. The fourth-order valence-corrected chi connectivity index (χ4v) is 1.78. The zero-order valence-corrected chi connectivity index (χ0v) is 11.2. The second-order valence-electron chi connectivity index (χ2n) is 3.70. The summed E-state index contributed by atoms with van der Waals surface area (Å²) in [4.78, 5) is 20.1. The van der Waals surface area contributed by atoms with Crippen LogP contribution in [0.2, 0.25) is 0 Å². The molecule has 0 aromatic carbocycles. The number of anilines is 2. The Morgan fingerprint density at radius 1 is 1.44 bits per heavy atom. The highest BCUT2D eigenvalue weighted by Gasteiger charge is 2.12. The van der Waals surface area contributed by atoms with Gasteiger partial charge >= 0.3 is 0 Å². The summed E-state index contributed by atoms with van der Waals surface area (Å²) in [7, 11) is 0. The molecule has 0 spiro atoms. The Labute approximate surface area is 113 Å². The molecule has 1 amide bonds. The molecule has 0 saturated heterocycles. The van der Waals surface area contributed by atoms with Crippen LogP contribution in [0.15, 0.2) is 35.1 Å². The van der Waals surface area contributed by atoms with Crippen LogP contribution < -0.4 is 11.1 Å². The number of nitrogens with zero attached hydrogens (tertiary/aromatic N) is 2. The van der Waals surface area contributed by atoms with Gasteiger partial charge in [0.1, 0.15) is 5.82 Å². The van der Waals surface area contributed by atoms with Gasteiger partial charge in [-0.25, -0.2) is 4.98 Å². The number of nitrogens with one attached hydrogen (secondary N) is 1. The van der Waals surface area contributed by atoms with Gasteiger partial charge in [-0.15, -0.1) is 0 Å². The zero-order valence-electron chi connectivity index (χ0n) is 9.64. The van der Waals surface area contributed by atoms with Crippen molar-refractivity contribution in [1.29, 1.82) is 0 Å². The van der Waals surface area contributed by atoms with Crippen LogP contribution in [0.4, 0.5) is 11.5 Å². The molecular formula is C12H11BrN4O. The SMILES string of the molecule is Cc1cc(N)c(C(=O)Nc2ncccc2Br)cn1. The first-order chi connectivity index (χ1) is 8.58. The minimum Gasteiger partial charge on any atom is -0.398 e. The first kappa shape index (κ1) is 12.5. The number of nitrogens with two attached hydrogens (primary N) is 1. The van der Waals surface area contributed by atoms with Crippen molar-refractivity contribution in [3.05, 3.63) is 46.3 Å². The van der Waals surface area contributed by atoms with E-state index in [1.54, 1.807) is 24.4 Å². The van der Waals surface area contributed by atoms with E-state index in [9.17, 15) is 4.79 Å². The van der Waals surface area contributed by atoms with E-state index >= 15 is 0 Å². The van der Waals surface area contributed by atoms with Crippen molar-refractivity contribution in [2.24, 2.45) is 0 Å². The van der Waals surface area contributed by atoms with Gasteiger partial charge in [0.15, 0.2) is 0 Å². The Morgan fingerprint density at radius 2 is 2.22 bits per heavy atom. The van der Waals surface area contributed by atoms with Gasteiger partial charge in [-0.3, -0.25) is 9.78 Å². The Balaban J connectivity index is 2.25. The lowest BCUT2D eigenvalue weighted by Gasteiger charge is -2.08. The second kappa shape index (κ2) is 5.14. The van der Waals surface area contributed by atoms with Crippen LogP contribution in [0.1, 0.15) is 16.1 Å². The van der Waals surface area contributed by atoms with Gasteiger partial charge in [0, 0.05) is 23.8 Å². The maximum Gasteiger partial charge on any atom is 0.260 e. The molecule has 0 unspecified atom stereocenters. The van der Waals surface area contributed by atoms with E-state index in [1.165, 1.54) is 6.20 Å². The summed E-state index contributed by atoms with van der Waals surface area (Å²) >= 11 is 3.30. The monoisotopic (exact) mass is 306 g/mol. The fraction of sp³-hybridized carbons (Fsp3) is 0.0833. The van der Waals surface area contributed by atoms with Crippen molar-refractivity contribution >= 4 is 33.3 Å². The molecule has 2 aromatic rings. The van der Waals surface area contributed by atoms with E-state index in [2.05, 4.69) is 31.2 Å². The summed E-state index contributed by atoms with van der Waals surface area (Å²) in [5.74, 6) is 0.113. The number of hydrogen-bond donors (Lipinski definition) is 2. The van der Waals surface area contributed by atoms with Crippen LogP contribution in [0, 0.1) is 6.92 Å². The number of halogens is 1. The maximum atomic E-state index is 12.0. The van der Waals surface area contributed by atoms with E-state index in [0.29, 0.717) is 21.5 Å². The molecule has 2 heterocycles. The van der Waals surface area contributed by atoms with Crippen molar-refractivity contribution in [1.82, 2.24) is 9.97 Å². The van der Waals surface area contributed by atoms with Crippen molar-refractivity contribution in [2.75, 3.05) is 11.1 Å². The highest BCUT2D eigenvalue weighted by atomic mass is 79.9. The topological polar surface area (TPSA) is 80.9 Å². The average molecular weight is 307 g/mol. The van der Waals surface area contributed by atoms with Gasteiger partial charge in [0.25, 0.3) is 5.91 Å². The highest BCUT2D eigenvalue weighted by molar-refractivity contribution is 9.10. The minimum atomic E-state index is -0.334. The van der Waals surface area contributed by atoms with Gasteiger partial charge in [-0.2, -0.15) is 0 Å². The first-order valence-electron chi connectivity index (χ1n) is 5.22. The maximum absolute atomic E-state index is 12.0. The number of nitrogen functional groups attached to an aromatic ring is 1. The Hall–Kier alpha value is -1.95. The summed E-state index contributed by atoms with van der Waals surface area (Å²) in [6, 6.07) is 5.21. The van der Waals surface area contributed by atoms with E-state index < -0.39 is 0 Å². The van der Waals surface area contributed by atoms with Crippen LogP contribution in [-0.4, -0.2) is 15.9 Å². The lowest BCUT2D eigenvalue weighted by Crippen LogP contribution is -2.15. The van der Waals surface area contributed by atoms with E-state index in [-0.39, 0.29) is 5.91 Å². The molecule has 0 saturated carbocycles. The molecule has 0 aliphatic rings. The van der Waals surface area contributed by atoms with E-state index in [1.807, 2.05) is 6.92 Å². The number of pyridine rings is 2. The van der Waals surface area contributed by atoms with Crippen molar-refractivity contribution in [2.45, 2.75) is 6.92 Å². The summed E-state index contributed by atoms with van der Waals surface area (Å²) < 4.78 is 0.706. The number of aromatic nitrogens is 2. The quantitative estimate of drug-likeness (QED) is 0.892. The molecule has 18 heavy (non-hydrogen) atoms. The molecule has 6 heteroatoms. The second-order valence-corrected chi connectivity index (χ2v) is 4.56. The van der Waals surface area contributed by atoms with Crippen LogP contribution in [0.5, 0.6) is 0 Å². The standard InChI is InChI=1S/C12H11BrN4O/c1-7-5-10(14)8(6-16-7)12(18)17-11-9(13)3-2-4-15-11/h2-6H,1H3,(H2,14,16)(H,15,17,18). The molecule has 0 aliphatic heterocycles. The van der Waals surface area contributed by atoms with Gasteiger partial charge in [-0.1, -0.05) is 0 Å². The van der Waals surface area contributed by atoms with Crippen LogP contribution >= 0.6 is 15.9 Å². The number of amides is 1. The number of hydrogen-bond acceptors (Lipinski definition) is 4. The molecular weight excluding hydrogens is 296 g/mol. The molecule has 5 nitrogen and oxygen atoms in total. The summed E-state index contributed by atoms with van der Waals surface area (Å²) in [5.41, 5.74) is 7.27. The predicted octanol–water partition coefficient (Wildman–Crippen LogP) is 2.38. The number of carbonyl (C=O) groups is 1. The van der Waals surface area contributed by atoms with Crippen molar-refractivity contribution in [3.63, 3.8) is 0 Å². The molecule has 3 N–H and O–H groups in total. The van der Waals surface area contributed by atoms with E-state index in [0.717, 1.165) is 5.69 Å². The largest absolute Gasteiger partial charge is 0.398 e. The highest BCUT2D eigenvalue weighted by Crippen LogP contribution is 2.20. The molecule has 2 rings (SSSR count). The molecule has 0 fully saturated rings. The molecule has 2 aromatic heterocycles. The third kappa shape index (κ3) is 2.65. The molecule has 92 valence electrons. The van der Waals surface area contributed by atoms with Crippen molar-refractivity contribution < 1.29 is 4.79 Å². The first-order valence-corrected chi connectivity index (χ1v) is 6.01. The summed E-state index contributed by atoms with van der Waals surface area (Å²) in [6.07, 6.45) is 3.05. The summed E-state index contributed by atoms with van der Waals surface area (Å²) in [5, 5.41) is 2.67. The van der Waals surface area contributed by atoms with Gasteiger partial charge in [0.2, 0.25) is 0 Å². The van der Waals surface area contributed by atoms with Gasteiger partial charge in [-0.05, 0) is 41.1 Å². The third-order valence-corrected chi connectivity index (χ3v) is 2.95. The molecule has 0 radical (unpaired) electrons. The fourth-order valence-electron chi connectivity index (χ4n) is 1.42. The van der Waals surface area contributed by atoms with Crippen LogP contribution in [0.3, 0.4) is 0 Å². The molecule has 0 atom stereocenters. The van der Waals surface area contributed by atoms with Crippen molar-refractivity contribution in [3.8, 4) is 0 Å².